The molecule has 0 radical (unpaired) electrons. The van der Waals surface area contributed by atoms with Gasteiger partial charge in [0.2, 0.25) is 0 Å². The van der Waals surface area contributed by atoms with E-state index in [4.69, 9.17) is 5.73 Å². The summed E-state index contributed by atoms with van der Waals surface area (Å²) >= 11 is 0. The number of hydrogen-bond donors (Lipinski definition) is 2. The molecule has 1 aromatic carbocycles. The zero-order chi connectivity index (χ0) is 12.8. The number of nitrogens with two attached hydrogens (primary N) is 1. The van der Waals surface area contributed by atoms with Crippen LogP contribution < -0.4 is 11.1 Å². The quantitative estimate of drug-likeness (QED) is 0.810. The van der Waals surface area contributed by atoms with Gasteiger partial charge in [-0.25, -0.2) is 0 Å². The first-order valence-electron chi connectivity index (χ1n) is 6.47. The highest BCUT2D eigenvalue weighted by Crippen LogP contribution is 2.45. The highest BCUT2D eigenvalue weighted by molar-refractivity contribution is 5.93. The summed E-state index contributed by atoms with van der Waals surface area (Å²) in [5, 5.41) is 4.68. The molecule has 1 heterocycles. The summed E-state index contributed by atoms with van der Waals surface area (Å²) in [4.78, 5) is 4.54. The van der Waals surface area contributed by atoms with Crippen LogP contribution in [0.2, 0.25) is 0 Å². The van der Waals surface area contributed by atoms with Crippen molar-refractivity contribution in [1.29, 1.82) is 0 Å². The number of aromatic nitrogens is 1. The first-order valence-corrected chi connectivity index (χ1v) is 6.47. The molecule has 3 rings (SSSR count). The van der Waals surface area contributed by atoms with Crippen LogP contribution in [0.15, 0.2) is 24.3 Å². The Morgan fingerprint density at radius 3 is 2.83 bits per heavy atom. The maximum atomic E-state index is 5.87. The standard InChI is InChI=1S/C15H19N3/c1-10-7-14(17-9-15(2)5-6-15)12-8-11(16)3-4-13(12)18-10/h3-4,7-8H,5-6,9,16H2,1-2H3,(H,17,18). The molecule has 18 heavy (non-hydrogen) atoms. The Hall–Kier alpha value is -1.77. The van der Waals surface area contributed by atoms with Crippen molar-refractivity contribution in [3.05, 3.63) is 30.0 Å². The van der Waals surface area contributed by atoms with E-state index < -0.39 is 0 Å². The van der Waals surface area contributed by atoms with Gasteiger partial charge in [-0.3, -0.25) is 4.98 Å². The minimum Gasteiger partial charge on any atom is -0.399 e. The second-order valence-electron chi connectivity index (χ2n) is 5.75. The molecule has 0 unspecified atom stereocenters. The van der Waals surface area contributed by atoms with E-state index in [-0.39, 0.29) is 0 Å². The monoisotopic (exact) mass is 241 g/mol. The summed E-state index contributed by atoms with van der Waals surface area (Å²) in [6, 6.07) is 8.00. The third-order valence-corrected chi connectivity index (χ3v) is 3.77. The second-order valence-corrected chi connectivity index (χ2v) is 5.75. The van der Waals surface area contributed by atoms with Crippen molar-refractivity contribution >= 4 is 22.3 Å². The maximum absolute atomic E-state index is 5.87. The molecule has 1 aliphatic carbocycles. The molecule has 1 fully saturated rings. The summed E-state index contributed by atoms with van der Waals surface area (Å²) in [6.45, 7) is 5.38. The number of hydrogen-bond acceptors (Lipinski definition) is 3. The van der Waals surface area contributed by atoms with E-state index in [1.807, 2.05) is 25.1 Å². The average Bonchev–Trinajstić information content (AvgIpc) is 3.06. The molecule has 3 nitrogen and oxygen atoms in total. The number of benzene rings is 1. The molecular weight excluding hydrogens is 222 g/mol. The molecule has 3 N–H and O–H groups in total. The maximum Gasteiger partial charge on any atom is 0.0727 e. The van der Waals surface area contributed by atoms with Crippen molar-refractivity contribution < 1.29 is 0 Å². The molecule has 0 bridgehead atoms. The molecule has 2 aromatic rings. The topological polar surface area (TPSA) is 50.9 Å². The zero-order valence-corrected chi connectivity index (χ0v) is 11.0. The number of fused-ring (bicyclic) bond motifs is 1. The van der Waals surface area contributed by atoms with Gasteiger partial charge in [0.25, 0.3) is 0 Å². The molecule has 0 amide bonds. The van der Waals surface area contributed by atoms with Crippen molar-refractivity contribution in [3.8, 4) is 0 Å². The fourth-order valence-corrected chi connectivity index (χ4v) is 2.22. The fraction of sp³-hybridized carbons (Fsp3) is 0.400. The summed E-state index contributed by atoms with van der Waals surface area (Å²) < 4.78 is 0. The van der Waals surface area contributed by atoms with E-state index in [1.54, 1.807) is 0 Å². The van der Waals surface area contributed by atoms with Crippen LogP contribution in [-0.2, 0) is 0 Å². The average molecular weight is 241 g/mol. The smallest absolute Gasteiger partial charge is 0.0727 e. The van der Waals surface area contributed by atoms with E-state index in [1.165, 1.54) is 12.8 Å². The number of nitrogens with zero attached hydrogens (tertiary/aromatic N) is 1. The largest absolute Gasteiger partial charge is 0.399 e. The highest BCUT2D eigenvalue weighted by Gasteiger charge is 2.36. The van der Waals surface area contributed by atoms with E-state index >= 15 is 0 Å². The molecule has 3 heteroatoms. The van der Waals surface area contributed by atoms with Gasteiger partial charge in [-0.2, -0.15) is 0 Å². The second kappa shape index (κ2) is 3.87. The number of aryl methyl sites for hydroxylation is 1. The van der Waals surface area contributed by atoms with Crippen LogP contribution in [0.25, 0.3) is 10.9 Å². The summed E-state index contributed by atoms with van der Waals surface area (Å²) in [7, 11) is 0. The van der Waals surface area contributed by atoms with E-state index in [0.717, 1.165) is 34.5 Å². The van der Waals surface area contributed by atoms with Crippen molar-refractivity contribution in [2.24, 2.45) is 5.41 Å². The van der Waals surface area contributed by atoms with Gasteiger partial charge in [0, 0.05) is 29.0 Å². The van der Waals surface area contributed by atoms with E-state index in [2.05, 4.69) is 23.3 Å². The van der Waals surface area contributed by atoms with Gasteiger partial charge in [-0.05, 0) is 49.4 Å². The number of nitrogens with one attached hydrogen (secondary N) is 1. The van der Waals surface area contributed by atoms with Gasteiger partial charge < -0.3 is 11.1 Å². The number of pyridine rings is 1. The lowest BCUT2D eigenvalue weighted by atomic mass is 10.1. The van der Waals surface area contributed by atoms with E-state index in [0.29, 0.717) is 5.41 Å². The predicted octanol–water partition coefficient (Wildman–Crippen LogP) is 3.34. The van der Waals surface area contributed by atoms with Gasteiger partial charge in [-0.1, -0.05) is 6.92 Å². The SMILES string of the molecule is Cc1cc(NCC2(C)CC2)c2cc(N)ccc2n1. The molecule has 1 saturated carbocycles. The molecule has 0 saturated heterocycles. The van der Waals surface area contributed by atoms with Crippen molar-refractivity contribution in [2.45, 2.75) is 26.7 Å². The van der Waals surface area contributed by atoms with Crippen LogP contribution in [-0.4, -0.2) is 11.5 Å². The number of nitrogen functional groups attached to an aromatic ring is 1. The molecule has 0 aliphatic heterocycles. The summed E-state index contributed by atoms with van der Waals surface area (Å²) in [6.07, 6.45) is 2.65. The van der Waals surface area contributed by atoms with Gasteiger partial charge in [0.1, 0.15) is 0 Å². The Balaban J connectivity index is 2.00. The molecule has 1 aromatic heterocycles. The van der Waals surface area contributed by atoms with Crippen LogP contribution in [0.4, 0.5) is 11.4 Å². The molecule has 0 atom stereocenters. The Morgan fingerprint density at radius 1 is 1.33 bits per heavy atom. The fourth-order valence-electron chi connectivity index (χ4n) is 2.22. The summed E-state index contributed by atoms with van der Waals surface area (Å²) in [5.74, 6) is 0. The van der Waals surface area contributed by atoms with Crippen LogP contribution in [0.1, 0.15) is 25.5 Å². The lowest BCUT2D eigenvalue weighted by Gasteiger charge is -2.14. The molecule has 94 valence electrons. The van der Waals surface area contributed by atoms with Crippen molar-refractivity contribution in [1.82, 2.24) is 4.98 Å². The molecule has 1 aliphatic rings. The highest BCUT2D eigenvalue weighted by atomic mass is 14.9. The van der Waals surface area contributed by atoms with Gasteiger partial charge in [0.05, 0.1) is 5.52 Å². The van der Waals surface area contributed by atoms with E-state index in [9.17, 15) is 0 Å². The van der Waals surface area contributed by atoms with Crippen LogP contribution in [0.5, 0.6) is 0 Å². The third kappa shape index (κ3) is 2.13. The van der Waals surface area contributed by atoms with Crippen LogP contribution in [0, 0.1) is 12.3 Å². The van der Waals surface area contributed by atoms with Crippen LogP contribution >= 0.6 is 0 Å². The normalized spacial score (nSPS) is 16.8. The molecule has 0 spiro atoms. The number of rotatable bonds is 3. The van der Waals surface area contributed by atoms with Crippen LogP contribution in [0.3, 0.4) is 0 Å². The van der Waals surface area contributed by atoms with Gasteiger partial charge in [-0.15, -0.1) is 0 Å². The first-order chi connectivity index (χ1) is 8.56. The lowest BCUT2D eigenvalue weighted by Crippen LogP contribution is -2.12. The summed E-state index contributed by atoms with van der Waals surface area (Å²) in [5.41, 5.74) is 10.3. The van der Waals surface area contributed by atoms with Gasteiger partial charge in [0.15, 0.2) is 0 Å². The molecular formula is C15H19N3. The zero-order valence-electron chi connectivity index (χ0n) is 11.0. The van der Waals surface area contributed by atoms with Crippen molar-refractivity contribution in [2.75, 3.05) is 17.6 Å². The Bertz CT molecular complexity index is 600. The van der Waals surface area contributed by atoms with Crippen molar-refractivity contribution in [3.63, 3.8) is 0 Å². The Morgan fingerprint density at radius 2 is 2.11 bits per heavy atom. The number of anilines is 2. The first kappa shape index (κ1) is 11.3. The minimum absolute atomic E-state index is 0.490. The Labute approximate surface area is 107 Å². The lowest BCUT2D eigenvalue weighted by molar-refractivity contribution is 0.611. The Kier molecular flexibility index (Phi) is 2.44. The minimum atomic E-state index is 0.490. The third-order valence-electron chi connectivity index (χ3n) is 3.77. The van der Waals surface area contributed by atoms with Gasteiger partial charge >= 0.3 is 0 Å². The predicted molar refractivity (Wildman–Crippen MR) is 76.7 cm³/mol.